The summed E-state index contributed by atoms with van der Waals surface area (Å²) in [6, 6.07) is 8.53. The Kier molecular flexibility index (Phi) is 4.43. The van der Waals surface area contributed by atoms with Crippen molar-refractivity contribution in [2.45, 2.75) is 37.4 Å². The summed E-state index contributed by atoms with van der Waals surface area (Å²) in [5.74, 6) is 0. The molecule has 1 heterocycles. The number of ether oxygens (including phenoxy) is 1. The van der Waals surface area contributed by atoms with Crippen LogP contribution in [0.15, 0.2) is 29.2 Å². The molecule has 0 saturated carbocycles. The number of sulfonamides is 1. The third-order valence-corrected chi connectivity index (χ3v) is 5.08. The number of nitrogens with zero attached hydrogens (tertiary/aromatic N) is 2. The van der Waals surface area contributed by atoms with E-state index >= 15 is 0 Å². The molecule has 0 spiro atoms. The van der Waals surface area contributed by atoms with Crippen molar-refractivity contribution in [3.05, 3.63) is 29.8 Å². The van der Waals surface area contributed by atoms with Gasteiger partial charge >= 0.3 is 0 Å². The minimum atomic E-state index is -3.49. The molecule has 1 aliphatic heterocycles. The predicted molar refractivity (Wildman–Crippen MR) is 74.5 cm³/mol. The van der Waals surface area contributed by atoms with Gasteiger partial charge in [0.15, 0.2) is 0 Å². The second kappa shape index (κ2) is 5.92. The summed E-state index contributed by atoms with van der Waals surface area (Å²) in [4.78, 5) is 0.264. The molecule has 2 rings (SSSR count). The predicted octanol–water partition coefficient (Wildman–Crippen LogP) is 1.55. The Labute approximate surface area is 119 Å². The van der Waals surface area contributed by atoms with Gasteiger partial charge in [0.25, 0.3) is 0 Å². The van der Waals surface area contributed by atoms with E-state index in [9.17, 15) is 8.42 Å². The van der Waals surface area contributed by atoms with Crippen molar-refractivity contribution in [3.63, 3.8) is 0 Å². The largest absolute Gasteiger partial charge is 0.373 e. The van der Waals surface area contributed by atoms with Crippen molar-refractivity contribution >= 4 is 10.0 Å². The molecule has 2 atom stereocenters. The van der Waals surface area contributed by atoms with Crippen molar-refractivity contribution in [2.24, 2.45) is 0 Å². The van der Waals surface area contributed by atoms with Crippen LogP contribution in [0.5, 0.6) is 0 Å². The molecule has 0 radical (unpaired) electrons. The normalized spacial score (nSPS) is 24.2. The summed E-state index contributed by atoms with van der Waals surface area (Å²) in [5, 5.41) is 8.62. The van der Waals surface area contributed by atoms with Crippen LogP contribution >= 0.6 is 0 Å². The lowest BCUT2D eigenvalue weighted by atomic mass is 10.2. The second-order valence-electron chi connectivity index (χ2n) is 5.06. The zero-order chi connectivity index (χ0) is 14.8. The van der Waals surface area contributed by atoms with E-state index in [0.717, 1.165) is 5.56 Å². The van der Waals surface area contributed by atoms with Gasteiger partial charge in [0.05, 0.1) is 29.6 Å². The Hall–Kier alpha value is -1.42. The molecule has 1 aromatic carbocycles. The first-order valence-electron chi connectivity index (χ1n) is 6.55. The maximum atomic E-state index is 12.6. The Bertz CT molecular complexity index is 594. The highest BCUT2D eigenvalue weighted by Crippen LogP contribution is 2.21. The van der Waals surface area contributed by atoms with E-state index in [1.807, 2.05) is 19.9 Å². The Morgan fingerprint density at radius 3 is 2.30 bits per heavy atom. The van der Waals surface area contributed by atoms with E-state index in [1.165, 1.54) is 4.31 Å². The van der Waals surface area contributed by atoms with Crippen LogP contribution < -0.4 is 0 Å². The van der Waals surface area contributed by atoms with Gasteiger partial charge in [0, 0.05) is 13.1 Å². The van der Waals surface area contributed by atoms with Gasteiger partial charge in [-0.05, 0) is 31.5 Å². The first kappa shape index (κ1) is 15.0. The first-order chi connectivity index (χ1) is 9.43. The standard InChI is InChI=1S/C14H18N2O3S/c1-11-9-16(10-12(2)19-11)20(17,18)14-5-3-13(4-6-14)7-8-15/h3-6,11-12H,7,9-10H2,1-2H3. The first-order valence-corrected chi connectivity index (χ1v) is 7.99. The zero-order valence-electron chi connectivity index (χ0n) is 11.6. The fourth-order valence-corrected chi connectivity index (χ4v) is 3.94. The molecular weight excluding hydrogens is 276 g/mol. The van der Waals surface area contributed by atoms with Gasteiger partial charge in [-0.25, -0.2) is 8.42 Å². The fraction of sp³-hybridized carbons (Fsp3) is 0.500. The molecule has 1 aromatic rings. The average molecular weight is 294 g/mol. The summed E-state index contributed by atoms with van der Waals surface area (Å²) in [6.45, 7) is 4.47. The van der Waals surface area contributed by atoms with Crippen molar-refractivity contribution in [2.75, 3.05) is 13.1 Å². The van der Waals surface area contributed by atoms with Crippen molar-refractivity contribution in [3.8, 4) is 6.07 Å². The van der Waals surface area contributed by atoms with E-state index < -0.39 is 10.0 Å². The monoisotopic (exact) mass is 294 g/mol. The number of hydrogen-bond donors (Lipinski definition) is 0. The summed E-state index contributed by atoms with van der Waals surface area (Å²) in [5.41, 5.74) is 0.815. The number of nitriles is 1. The lowest BCUT2D eigenvalue weighted by molar-refractivity contribution is -0.0440. The average Bonchev–Trinajstić information content (AvgIpc) is 2.38. The number of rotatable bonds is 3. The summed E-state index contributed by atoms with van der Waals surface area (Å²) in [7, 11) is -3.49. The molecule has 0 amide bonds. The molecule has 2 unspecified atom stereocenters. The quantitative estimate of drug-likeness (QED) is 0.848. The van der Waals surface area contributed by atoms with Crippen LogP contribution in [-0.4, -0.2) is 38.0 Å². The molecule has 108 valence electrons. The van der Waals surface area contributed by atoms with E-state index in [0.29, 0.717) is 13.1 Å². The van der Waals surface area contributed by atoms with Gasteiger partial charge in [-0.3, -0.25) is 0 Å². The van der Waals surface area contributed by atoms with Crippen LogP contribution in [0.3, 0.4) is 0 Å². The molecule has 0 bridgehead atoms. The van der Waals surface area contributed by atoms with Crippen LogP contribution in [0.2, 0.25) is 0 Å². The van der Waals surface area contributed by atoms with Crippen LogP contribution in [0.25, 0.3) is 0 Å². The smallest absolute Gasteiger partial charge is 0.243 e. The SMILES string of the molecule is CC1CN(S(=O)(=O)c2ccc(CC#N)cc2)CC(C)O1. The highest BCUT2D eigenvalue weighted by atomic mass is 32.2. The number of morpholine rings is 1. The van der Waals surface area contributed by atoms with Gasteiger partial charge in [0.2, 0.25) is 10.0 Å². The summed E-state index contributed by atoms with van der Waals surface area (Å²) >= 11 is 0. The number of benzene rings is 1. The van der Waals surface area contributed by atoms with Gasteiger partial charge in [-0.15, -0.1) is 0 Å². The van der Waals surface area contributed by atoms with Gasteiger partial charge in [-0.2, -0.15) is 9.57 Å². The summed E-state index contributed by atoms with van der Waals surface area (Å²) < 4.78 is 32.1. The van der Waals surface area contributed by atoms with Crippen molar-refractivity contribution < 1.29 is 13.2 Å². The lowest BCUT2D eigenvalue weighted by Gasteiger charge is -2.34. The van der Waals surface area contributed by atoms with Crippen molar-refractivity contribution in [1.82, 2.24) is 4.31 Å². The molecule has 0 aromatic heterocycles. The molecule has 6 heteroatoms. The maximum Gasteiger partial charge on any atom is 0.243 e. The third kappa shape index (κ3) is 3.18. The fourth-order valence-electron chi connectivity index (χ4n) is 2.35. The van der Waals surface area contributed by atoms with E-state index in [1.54, 1.807) is 24.3 Å². The van der Waals surface area contributed by atoms with Crippen molar-refractivity contribution in [1.29, 1.82) is 5.26 Å². The Morgan fingerprint density at radius 1 is 1.25 bits per heavy atom. The van der Waals surface area contributed by atoms with Gasteiger partial charge in [-0.1, -0.05) is 12.1 Å². The van der Waals surface area contributed by atoms with Crippen LogP contribution in [0, 0.1) is 11.3 Å². The molecule has 0 aliphatic carbocycles. The van der Waals surface area contributed by atoms with Crippen LogP contribution in [-0.2, 0) is 21.2 Å². The van der Waals surface area contributed by atoms with Gasteiger partial charge < -0.3 is 4.74 Å². The number of hydrogen-bond acceptors (Lipinski definition) is 4. The lowest BCUT2D eigenvalue weighted by Crippen LogP contribution is -2.48. The minimum absolute atomic E-state index is 0.105. The highest BCUT2D eigenvalue weighted by Gasteiger charge is 2.31. The topological polar surface area (TPSA) is 70.4 Å². The van der Waals surface area contributed by atoms with E-state index in [2.05, 4.69) is 0 Å². The Morgan fingerprint density at radius 2 is 1.80 bits per heavy atom. The van der Waals surface area contributed by atoms with Crippen LogP contribution in [0.4, 0.5) is 0 Å². The molecule has 1 aliphatic rings. The molecule has 5 nitrogen and oxygen atoms in total. The molecule has 0 N–H and O–H groups in total. The Balaban J connectivity index is 2.23. The van der Waals surface area contributed by atoms with Crippen LogP contribution in [0.1, 0.15) is 19.4 Å². The summed E-state index contributed by atoms with van der Waals surface area (Å²) in [6.07, 6.45) is 0.0733. The third-order valence-electron chi connectivity index (χ3n) is 3.23. The highest BCUT2D eigenvalue weighted by molar-refractivity contribution is 7.89. The van der Waals surface area contributed by atoms with Gasteiger partial charge in [0.1, 0.15) is 0 Å². The molecule has 20 heavy (non-hydrogen) atoms. The molecule has 1 fully saturated rings. The molecular formula is C14H18N2O3S. The molecule has 1 saturated heterocycles. The van der Waals surface area contributed by atoms with E-state index in [4.69, 9.17) is 10.00 Å². The zero-order valence-corrected chi connectivity index (χ0v) is 12.4. The van der Waals surface area contributed by atoms with E-state index in [-0.39, 0.29) is 23.5 Å². The minimum Gasteiger partial charge on any atom is -0.373 e. The maximum absolute atomic E-state index is 12.6. The second-order valence-corrected chi connectivity index (χ2v) is 7.00.